The molecule has 0 aromatic heterocycles. The average molecular weight is 186 g/mol. The van der Waals surface area contributed by atoms with Crippen molar-refractivity contribution in [2.24, 2.45) is 5.92 Å². The molecular formula is C10H22OSi. The topological polar surface area (TPSA) is 17.1 Å². The number of rotatable bonds is 5. The van der Waals surface area contributed by atoms with Crippen molar-refractivity contribution in [2.75, 3.05) is 0 Å². The fourth-order valence-electron chi connectivity index (χ4n) is 0.957. The second kappa shape index (κ2) is 4.80. The summed E-state index contributed by atoms with van der Waals surface area (Å²) in [5.41, 5.74) is 0. The molecule has 0 aliphatic heterocycles. The van der Waals surface area contributed by atoms with Gasteiger partial charge >= 0.3 is 0 Å². The summed E-state index contributed by atoms with van der Waals surface area (Å²) in [5.74, 6) is 0.713. The van der Waals surface area contributed by atoms with Gasteiger partial charge in [-0.2, -0.15) is 0 Å². The average Bonchev–Trinajstić information content (AvgIpc) is 1.97. The van der Waals surface area contributed by atoms with Crippen molar-refractivity contribution in [1.29, 1.82) is 0 Å². The number of carbonyl (C=O) groups excluding carboxylic acids is 1. The van der Waals surface area contributed by atoms with Crippen molar-refractivity contribution in [3.05, 3.63) is 0 Å². The minimum absolute atomic E-state index is 0.530. The Morgan fingerprint density at radius 1 is 1.33 bits per heavy atom. The van der Waals surface area contributed by atoms with Crippen LogP contribution in [0.15, 0.2) is 0 Å². The van der Waals surface area contributed by atoms with E-state index in [0.717, 1.165) is 12.8 Å². The van der Waals surface area contributed by atoms with Crippen molar-refractivity contribution in [1.82, 2.24) is 0 Å². The van der Waals surface area contributed by atoms with Crippen LogP contribution in [0.25, 0.3) is 0 Å². The summed E-state index contributed by atoms with van der Waals surface area (Å²) in [4.78, 5) is 11.5. The van der Waals surface area contributed by atoms with E-state index in [1.807, 2.05) is 0 Å². The highest BCUT2D eigenvalue weighted by Crippen LogP contribution is 2.13. The molecule has 0 spiro atoms. The zero-order chi connectivity index (χ0) is 9.78. The molecule has 0 fully saturated rings. The van der Waals surface area contributed by atoms with Crippen LogP contribution in [-0.2, 0) is 4.79 Å². The molecule has 0 aliphatic rings. The number of hydrogen-bond donors (Lipinski definition) is 0. The first-order chi connectivity index (χ1) is 5.38. The molecule has 0 aliphatic carbocycles. The highest BCUT2D eigenvalue weighted by molar-refractivity contribution is 7.03. The fraction of sp³-hybridized carbons (Fsp3) is 0.900. The molecule has 72 valence electrons. The van der Waals surface area contributed by atoms with Gasteiger partial charge in [0.1, 0.15) is 13.5 Å². The first kappa shape index (κ1) is 11.9. The first-order valence-electron chi connectivity index (χ1n) is 4.91. The summed E-state index contributed by atoms with van der Waals surface area (Å²) in [6, 6.07) is 0. The van der Waals surface area contributed by atoms with Gasteiger partial charge < -0.3 is 4.79 Å². The van der Waals surface area contributed by atoms with Crippen LogP contribution < -0.4 is 0 Å². The van der Waals surface area contributed by atoms with Crippen LogP contribution >= 0.6 is 0 Å². The van der Waals surface area contributed by atoms with Crippen LogP contribution in [0, 0.1) is 5.92 Å². The molecule has 0 saturated heterocycles. The highest BCUT2D eigenvalue weighted by atomic mass is 28.3. The van der Waals surface area contributed by atoms with Crippen molar-refractivity contribution >= 4 is 13.5 Å². The summed E-state index contributed by atoms with van der Waals surface area (Å²) in [6.07, 6.45) is 3.09. The number of hydrogen-bond acceptors (Lipinski definition) is 1. The molecule has 1 nitrogen and oxygen atoms in total. The first-order valence-corrected chi connectivity index (χ1v) is 8.41. The lowest BCUT2D eigenvalue weighted by Gasteiger charge is -2.15. The third-order valence-corrected chi connectivity index (χ3v) is 4.32. The second-order valence-corrected chi connectivity index (χ2v) is 9.78. The maximum absolute atomic E-state index is 11.5. The van der Waals surface area contributed by atoms with Gasteiger partial charge in [0.25, 0.3) is 0 Å². The Labute approximate surface area is 77.6 Å². The van der Waals surface area contributed by atoms with E-state index >= 15 is 0 Å². The van der Waals surface area contributed by atoms with Crippen molar-refractivity contribution in [3.63, 3.8) is 0 Å². The van der Waals surface area contributed by atoms with Gasteiger partial charge in [0.15, 0.2) is 0 Å². The van der Waals surface area contributed by atoms with Crippen LogP contribution in [0.1, 0.15) is 33.1 Å². The molecule has 0 amide bonds. The Balaban J connectivity index is 3.73. The molecule has 2 heteroatoms. The maximum Gasteiger partial charge on any atom is 0.123 e. The predicted molar refractivity (Wildman–Crippen MR) is 57.0 cm³/mol. The molecule has 0 aromatic rings. The van der Waals surface area contributed by atoms with E-state index in [9.17, 15) is 4.79 Å². The van der Waals surface area contributed by atoms with Gasteiger partial charge in [-0.15, -0.1) is 0 Å². The Morgan fingerprint density at radius 2 is 1.83 bits per heavy atom. The zero-order valence-electron chi connectivity index (χ0n) is 9.11. The third-order valence-electron chi connectivity index (χ3n) is 2.40. The Morgan fingerprint density at radius 3 is 2.17 bits per heavy atom. The number of carbonyl (C=O) groups is 1. The molecular weight excluding hydrogens is 164 g/mol. The summed E-state index contributed by atoms with van der Waals surface area (Å²) < 4.78 is 0. The molecule has 1 unspecified atom stereocenters. The zero-order valence-corrected chi connectivity index (χ0v) is 10.1. The van der Waals surface area contributed by atoms with Crippen LogP contribution in [0.3, 0.4) is 0 Å². The van der Waals surface area contributed by atoms with Gasteiger partial charge in [-0.05, 0) is 12.3 Å². The van der Waals surface area contributed by atoms with Crippen LogP contribution in [-0.4, -0.2) is 13.5 Å². The van der Waals surface area contributed by atoms with Gasteiger partial charge in [0, 0.05) is 6.42 Å². The Hall–Kier alpha value is -0.113. The highest BCUT2D eigenvalue weighted by Gasteiger charge is 2.23. The Kier molecular flexibility index (Phi) is 4.76. The van der Waals surface area contributed by atoms with Crippen LogP contribution in [0.4, 0.5) is 0 Å². The van der Waals surface area contributed by atoms with E-state index in [1.165, 1.54) is 6.42 Å². The second-order valence-electron chi connectivity index (χ2n) is 4.73. The molecule has 0 bridgehead atoms. The summed E-state index contributed by atoms with van der Waals surface area (Å²) in [5, 5.41) is 0.530. The summed E-state index contributed by atoms with van der Waals surface area (Å²) in [7, 11) is -1.48. The molecule has 1 atom stereocenters. The molecule has 0 rings (SSSR count). The van der Waals surface area contributed by atoms with E-state index in [-0.39, 0.29) is 0 Å². The minimum atomic E-state index is -1.48. The molecule has 0 radical (unpaired) electrons. The smallest absolute Gasteiger partial charge is 0.123 e. The van der Waals surface area contributed by atoms with Crippen molar-refractivity contribution in [2.45, 2.75) is 52.8 Å². The van der Waals surface area contributed by atoms with E-state index < -0.39 is 8.07 Å². The van der Waals surface area contributed by atoms with E-state index in [2.05, 4.69) is 33.5 Å². The molecule has 0 saturated carbocycles. The van der Waals surface area contributed by atoms with E-state index in [1.54, 1.807) is 0 Å². The Bertz CT molecular complexity index is 146. The lowest BCUT2D eigenvalue weighted by atomic mass is 10.0. The van der Waals surface area contributed by atoms with Gasteiger partial charge in [-0.25, -0.2) is 0 Å². The van der Waals surface area contributed by atoms with Gasteiger partial charge in [0.05, 0.1) is 0 Å². The van der Waals surface area contributed by atoms with Crippen molar-refractivity contribution < 1.29 is 4.79 Å². The molecule has 0 N–H and O–H groups in total. The monoisotopic (exact) mass is 186 g/mol. The lowest BCUT2D eigenvalue weighted by molar-refractivity contribution is -0.113. The SMILES string of the molecule is CCC(C)CCC(=O)[Si](C)(C)C. The molecule has 12 heavy (non-hydrogen) atoms. The van der Waals surface area contributed by atoms with Crippen LogP contribution in [0.2, 0.25) is 19.6 Å². The van der Waals surface area contributed by atoms with Crippen LogP contribution in [0.5, 0.6) is 0 Å². The fourth-order valence-corrected chi connectivity index (χ4v) is 1.85. The van der Waals surface area contributed by atoms with E-state index in [4.69, 9.17) is 0 Å². The summed E-state index contributed by atoms with van der Waals surface area (Å²) in [6.45, 7) is 10.8. The molecule has 0 aromatic carbocycles. The minimum Gasteiger partial charge on any atom is -0.305 e. The maximum atomic E-state index is 11.5. The molecule has 0 heterocycles. The predicted octanol–water partition coefficient (Wildman–Crippen LogP) is 3.26. The third kappa shape index (κ3) is 4.70. The van der Waals surface area contributed by atoms with Gasteiger partial charge in [0.2, 0.25) is 0 Å². The van der Waals surface area contributed by atoms with E-state index in [0.29, 0.717) is 11.3 Å². The standard InChI is InChI=1S/C10H22OSi/c1-6-9(2)7-8-10(11)12(3,4)5/h9H,6-8H2,1-5H3. The normalized spacial score (nSPS) is 14.4. The summed E-state index contributed by atoms with van der Waals surface area (Å²) >= 11 is 0. The van der Waals surface area contributed by atoms with Gasteiger partial charge in [-0.3, -0.25) is 0 Å². The quantitative estimate of drug-likeness (QED) is 0.602. The van der Waals surface area contributed by atoms with Crippen molar-refractivity contribution in [3.8, 4) is 0 Å². The van der Waals surface area contributed by atoms with Gasteiger partial charge in [-0.1, -0.05) is 39.9 Å². The largest absolute Gasteiger partial charge is 0.305 e. The lowest BCUT2D eigenvalue weighted by Crippen LogP contribution is -2.33.